The van der Waals surface area contributed by atoms with Crippen LogP contribution in [0.3, 0.4) is 0 Å². The van der Waals surface area contributed by atoms with Crippen LogP contribution in [0.2, 0.25) is 0 Å². The summed E-state index contributed by atoms with van der Waals surface area (Å²) in [5.41, 5.74) is -0.725. The molecular formula is C18H17F3O3. The van der Waals surface area contributed by atoms with Crippen molar-refractivity contribution >= 4 is 17.3 Å². The fraction of sp³-hybridized carbons (Fsp3) is 0.444. The average Bonchev–Trinajstić information content (AvgIpc) is 2.94. The second-order valence-corrected chi connectivity index (χ2v) is 6.57. The number of carbonyl (C=O) groups excluding carboxylic acids is 2. The normalized spacial score (nSPS) is 23.8. The highest BCUT2D eigenvalue weighted by Crippen LogP contribution is 2.43. The fourth-order valence-corrected chi connectivity index (χ4v) is 3.74. The van der Waals surface area contributed by atoms with Gasteiger partial charge in [-0.15, -0.1) is 0 Å². The van der Waals surface area contributed by atoms with Gasteiger partial charge in [-0.3, -0.25) is 9.59 Å². The molecule has 2 saturated carbocycles. The molecule has 0 aliphatic heterocycles. The number of hydrogen-bond donors (Lipinski definition) is 1. The summed E-state index contributed by atoms with van der Waals surface area (Å²) >= 11 is 0. The maximum atomic E-state index is 13.0. The van der Waals surface area contributed by atoms with Crippen LogP contribution < -0.4 is 0 Å². The number of benzene rings is 1. The third kappa shape index (κ3) is 2.44. The molecule has 2 aliphatic carbocycles. The molecule has 1 N–H and O–H groups in total. The lowest BCUT2D eigenvalue weighted by molar-refractivity contribution is -0.138. The predicted molar refractivity (Wildman–Crippen MR) is 81.3 cm³/mol. The number of alkyl halides is 3. The summed E-state index contributed by atoms with van der Waals surface area (Å²) in [5, 5.41) is 10.5. The van der Waals surface area contributed by atoms with Crippen molar-refractivity contribution in [1.29, 1.82) is 0 Å². The van der Waals surface area contributed by atoms with Crippen LogP contribution in [-0.2, 0) is 15.8 Å². The number of rotatable bonds is 1. The topological polar surface area (TPSA) is 54.4 Å². The molecule has 128 valence electrons. The zero-order valence-electron chi connectivity index (χ0n) is 13.3. The Morgan fingerprint density at radius 1 is 1.04 bits per heavy atom. The quantitative estimate of drug-likeness (QED) is 0.475. The molecule has 1 aromatic rings. The smallest absolute Gasteiger partial charge is 0.416 e. The molecule has 1 aromatic carbocycles. The van der Waals surface area contributed by atoms with Gasteiger partial charge in [-0.1, -0.05) is 6.07 Å². The van der Waals surface area contributed by atoms with Crippen LogP contribution in [0.4, 0.5) is 13.2 Å². The van der Waals surface area contributed by atoms with Crippen LogP contribution in [0.5, 0.6) is 0 Å². The van der Waals surface area contributed by atoms with Crippen molar-refractivity contribution in [3.05, 3.63) is 40.0 Å². The van der Waals surface area contributed by atoms with Crippen molar-refractivity contribution in [2.45, 2.75) is 39.3 Å². The Labute approximate surface area is 137 Å². The summed E-state index contributed by atoms with van der Waals surface area (Å²) in [7, 11) is 0. The molecule has 2 unspecified atom stereocenters. The summed E-state index contributed by atoms with van der Waals surface area (Å²) in [6.45, 7) is 2.76. The molecule has 2 fully saturated rings. The third-order valence-electron chi connectivity index (χ3n) is 5.25. The minimum atomic E-state index is -4.49. The van der Waals surface area contributed by atoms with Crippen LogP contribution in [0.25, 0.3) is 5.76 Å². The standard InChI is InChI=1S/C18H17F3O3/c1-8-9(2)13(18(19,20)21)6-5-12(8)17(24)14-15(22)10-3-4-11(7-10)16(14)23/h5-6,10-11,24H,3-4,7H2,1-2H3. The first-order chi connectivity index (χ1) is 11.1. The first-order valence-electron chi connectivity index (χ1n) is 7.82. The van der Waals surface area contributed by atoms with Gasteiger partial charge in [0.2, 0.25) is 0 Å². The number of aliphatic hydroxyl groups excluding tert-OH is 1. The molecule has 3 nitrogen and oxygen atoms in total. The molecule has 2 atom stereocenters. The molecule has 2 aliphatic rings. The summed E-state index contributed by atoms with van der Waals surface area (Å²) < 4.78 is 38.9. The van der Waals surface area contributed by atoms with E-state index < -0.39 is 17.5 Å². The number of allylic oxidation sites excluding steroid dienone is 1. The summed E-state index contributed by atoms with van der Waals surface area (Å²) in [6, 6.07) is 2.01. The van der Waals surface area contributed by atoms with E-state index in [4.69, 9.17) is 0 Å². The Bertz CT molecular complexity index is 750. The van der Waals surface area contributed by atoms with Gasteiger partial charge < -0.3 is 5.11 Å². The van der Waals surface area contributed by atoms with Gasteiger partial charge in [0, 0.05) is 17.4 Å². The molecule has 0 heterocycles. The van der Waals surface area contributed by atoms with Gasteiger partial charge in [-0.25, -0.2) is 0 Å². The molecular weight excluding hydrogens is 321 g/mol. The number of halogens is 3. The van der Waals surface area contributed by atoms with E-state index in [-0.39, 0.29) is 45.7 Å². The Balaban J connectivity index is 2.14. The van der Waals surface area contributed by atoms with Gasteiger partial charge in [0.05, 0.1) is 5.56 Å². The van der Waals surface area contributed by atoms with Crippen LogP contribution in [0, 0.1) is 25.7 Å². The van der Waals surface area contributed by atoms with Gasteiger partial charge in [-0.2, -0.15) is 13.2 Å². The molecule has 0 spiro atoms. The summed E-state index contributed by atoms with van der Waals surface area (Å²) in [4.78, 5) is 24.8. The second kappa shape index (κ2) is 5.46. The van der Waals surface area contributed by atoms with Crippen molar-refractivity contribution in [2.75, 3.05) is 0 Å². The number of fused-ring (bicyclic) bond motifs is 2. The molecule has 0 amide bonds. The van der Waals surface area contributed by atoms with Gasteiger partial charge in [0.25, 0.3) is 0 Å². The Morgan fingerprint density at radius 3 is 2.08 bits per heavy atom. The molecule has 2 bridgehead atoms. The number of hydrogen-bond acceptors (Lipinski definition) is 3. The van der Waals surface area contributed by atoms with E-state index in [2.05, 4.69) is 0 Å². The molecule has 0 aromatic heterocycles. The van der Waals surface area contributed by atoms with E-state index in [9.17, 15) is 27.9 Å². The molecule has 0 saturated heterocycles. The fourth-order valence-electron chi connectivity index (χ4n) is 3.74. The first kappa shape index (κ1) is 16.7. The van der Waals surface area contributed by atoms with Crippen LogP contribution in [0.15, 0.2) is 17.7 Å². The number of aliphatic hydroxyl groups is 1. The molecule has 6 heteroatoms. The lowest BCUT2D eigenvalue weighted by atomic mass is 9.81. The van der Waals surface area contributed by atoms with Gasteiger partial charge >= 0.3 is 6.18 Å². The number of carbonyl (C=O) groups is 2. The Kier molecular flexibility index (Phi) is 3.81. The van der Waals surface area contributed by atoms with Crippen molar-refractivity contribution < 1.29 is 27.9 Å². The van der Waals surface area contributed by atoms with E-state index in [1.165, 1.54) is 13.8 Å². The third-order valence-corrected chi connectivity index (χ3v) is 5.25. The lowest BCUT2D eigenvalue weighted by Crippen LogP contribution is -2.30. The van der Waals surface area contributed by atoms with Crippen LogP contribution in [-0.4, -0.2) is 16.7 Å². The van der Waals surface area contributed by atoms with E-state index in [0.29, 0.717) is 19.3 Å². The van der Waals surface area contributed by atoms with E-state index in [1.807, 2.05) is 0 Å². The molecule has 3 rings (SSSR count). The average molecular weight is 338 g/mol. The molecule has 0 radical (unpaired) electrons. The minimum absolute atomic E-state index is 0.0224. The van der Waals surface area contributed by atoms with E-state index in [1.54, 1.807) is 0 Å². The largest absolute Gasteiger partial charge is 0.506 e. The number of ketones is 2. The Morgan fingerprint density at radius 2 is 1.58 bits per heavy atom. The highest BCUT2D eigenvalue weighted by Gasteiger charge is 2.45. The zero-order valence-corrected chi connectivity index (χ0v) is 13.3. The number of Topliss-reactive ketones (excluding diaryl/α,β-unsaturated/α-hetero) is 2. The van der Waals surface area contributed by atoms with Gasteiger partial charge in [0.15, 0.2) is 11.6 Å². The van der Waals surface area contributed by atoms with Crippen molar-refractivity contribution in [2.24, 2.45) is 11.8 Å². The maximum absolute atomic E-state index is 13.0. The van der Waals surface area contributed by atoms with Crippen LogP contribution >= 0.6 is 0 Å². The first-order valence-corrected chi connectivity index (χ1v) is 7.82. The minimum Gasteiger partial charge on any atom is -0.506 e. The second-order valence-electron chi connectivity index (χ2n) is 6.57. The van der Waals surface area contributed by atoms with Crippen molar-refractivity contribution in [1.82, 2.24) is 0 Å². The van der Waals surface area contributed by atoms with Crippen molar-refractivity contribution in [3.63, 3.8) is 0 Å². The lowest BCUT2D eigenvalue weighted by Gasteiger charge is -2.22. The van der Waals surface area contributed by atoms with Crippen molar-refractivity contribution in [3.8, 4) is 0 Å². The SMILES string of the molecule is Cc1c(C(O)=C2C(=O)C3CCC(C3)C2=O)ccc(C(F)(F)F)c1C. The van der Waals surface area contributed by atoms with E-state index in [0.717, 1.165) is 12.1 Å². The molecule has 24 heavy (non-hydrogen) atoms. The van der Waals surface area contributed by atoms with Gasteiger partial charge in [0.1, 0.15) is 11.3 Å². The predicted octanol–water partition coefficient (Wildman–Crippen LogP) is 4.16. The van der Waals surface area contributed by atoms with Gasteiger partial charge in [-0.05, 0) is 50.3 Å². The maximum Gasteiger partial charge on any atom is 0.416 e. The van der Waals surface area contributed by atoms with Crippen LogP contribution in [0.1, 0.15) is 41.5 Å². The Hall–Kier alpha value is -2.11. The highest BCUT2D eigenvalue weighted by atomic mass is 19.4. The summed E-state index contributed by atoms with van der Waals surface area (Å²) in [6.07, 6.45) is -2.74. The monoisotopic (exact) mass is 338 g/mol. The van der Waals surface area contributed by atoms with E-state index >= 15 is 0 Å². The summed E-state index contributed by atoms with van der Waals surface area (Å²) in [5.74, 6) is -1.79. The zero-order chi connectivity index (χ0) is 17.8. The highest BCUT2D eigenvalue weighted by molar-refractivity contribution is 6.27.